The molecule has 1 aliphatic rings. The van der Waals surface area contributed by atoms with Crippen LogP contribution in [0.15, 0.2) is 0 Å². The molecule has 0 bridgehead atoms. The maximum atomic E-state index is 3.58. The third kappa shape index (κ3) is 5.01. The topological polar surface area (TPSA) is 18.5 Å². The van der Waals surface area contributed by atoms with Gasteiger partial charge < -0.3 is 15.1 Å². The van der Waals surface area contributed by atoms with E-state index in [0.717, 1.165) is 5.92 Å². The van der Waals surface area contributed by atoms with Gasteiger partial charge >= 0.3 is 0 Å². The van der Waals surface area contributed by atoms with Crippen LogP contribution in [0.2, 0.25) is 0 Å². The number of rotatable bonds is 10. The lowest BCUT2D eigenvalue weighted by atomic mass is 9.76. The molecule has 0 aromatic heterocycles. The summed E-state index contributed by atoms with van der Waals surface area (Å²) in [7, 11) is 0. The first kappa shape index (κ1) is 17.9. The maximum Gasteiger partial charge on any atom is 0.00530 e. The SMILES string of the molecule is CCN(CC)CCCN(CC)CC1(C(C)C)CCNC1. The Morgan fingerprint density at radius 1 is 1.00 bits per heavy atom. The van der Waals surface area contributed by atoms with Crippen LogP contribution in [0.1, 0.15) is 47.5 Å². The van der Waals surface area contributed by atoms with Gasteiger partial charge in [0.05, 0.1) is 0 Å². The Morgan fingerprint density at radius 2 is 1.60 bits per heavy atom. The van der Waals surface area contributed by atoms with Crippen LogP contribution >= 0.6 is 0 Å². The van der Waals surface area contributed by atoms with Crippen molar-refractivity contribution in [1.82, 2.24) is 15.1 Å². The van der Waals surface area contributed by atoms with Crippen LogP contribution in [0, 0.1) is 11.3 Å². The molecule has 1 rings (SSSR count). The van der Waals surface area contributed by atoms with E-state index in [4.69, 9.17) is 0 Å². The molecule has 0 aromatic rings. The van der Waals surface area contributed by atoms with Gasteiger partial charge in [0.15, 0.2) is 0 Å². The van der Waals surface area contributed by atoms with E-state index in [9.17, 15) is 0 Å². The summed E-state index contributed by atoms with van der Waals surface area (Å²) in [6, 6.07) is 0. The van der Waals surface area contributed by atoms with Crippen LogP contribution in [0.25, 0.3) is 0 Å². The standard InChI is InChI=1S/C17H37N3/c1-6-19(7-2)12-9-13-20(8-3)15-17(16(4)5)10-11-18-14-17/h16,18H,6-15H2,1-5H3. The van der Waals surface area contributed by atoms with Gasteiger partial charge in [0, 0.05) is 13.1 Å². The molecular weight excluding hydrogens is 246 g/mol. The molecule has 3 nitrogen and oxygen atoms in total. The second-order valence-corrected chi connectivity index (χ2v) is 6.69. The summed E-state index contributed by atoms with van der Waals surface area (Å²) < 4.78 is 0. The summed E-state index contributed by atoms with van der Waals surface area (Å²) in [5.74, 6) is 0.773. The Labute approximate surface area is 127 Å². The largest absolute Gasteiger partial charge is 0.316 e. The van der Waals surface area contributed by atoms with Crippen molar-refractivity contribution in [3.05, 3.63) is 0 Å². The maximum absolute atomic E-state index is 3.58. The van der Waals surface area contributed by atoms with E-state index < -0.39 is 0 Å². The lowest BCUT2D eigenvalue weighted by Crippen LogP contribution is -2.43. The Morgan fingerprint density at radius 3 is 2.05 bits per heavy atom. The summed E-state index contributed by atoms with van der Waals surface area (Å²) in [6.07, 6.45) is 2.65. The molecule has 120 valence electrons. The number of nitrogens with one attached hydrogen (secondary N) is 1. The predicted molar refractivity (Wildman–Crippen MR) is 89.3 cm³/mol. The highest BCUT2D eigenvalue weighted by Gasteiger charge is 2.37. The van der Waals surface area contributed by atoms with E-state index in [-0.39, 0.29) is 0 Å². The van der Waals surface area contributed by atoms with Gasteiger partial charge in [-0.25, -0.2) is 0 Å². The molecule has 20 heavy (non-hydrogen) atoms. The molecule has 1 unspecified atom stereocenters. The highest BCUT2D eigenvalue weighted by atomic mass is 15.2. The zero-order chi connectivity index (χ0) is 15.0. The van der Waals surface area contributed by atoms with Crippen molar-refractivity contribution in [3.8, 4) is 0 Å². The van der Waals surface area contributed by atoms with Crippen LogP contribution in [-0.4, -0.2) is 62.2 Å². The van der Waals surface area contributed by atoms with Gasteiger partial charge in [-0.1, -0.05) is 34.6 Å². The van der Waals surface area contributed by atoms with Crippen molar-refractivity contribution >= 4 is 0 Å². The molecule has 1 heterocycles. The molecule has 0 aromatic carbocycles. The van der Waals surface area contributed by atoms with E-state index in [1.807, 2.05) is 0 Å². The fourth-order valence-electron chi connectivity index (χ4n) is 3.43. The van der Waals surface area contributed by atoms with Crippen LogP contribution < -0.4 is 5.32 Å². The van der Waals surface area contributed by atoms with Crippen molar-refractivity contribution < 1.29 is 0 Å². The van der Waals surface area contributed by atoms with Crippen molar-refractivity contribution in [2.45, 2.75) is 47.5 Å². The van der Waals surface area contributed by atoms with Crippen LogP contribution in [0.3, 0.4) is 0 Å². The van der Waals surface area contributed by atoms with E-state index in [2.05, 4.69) is 49.7 Å². The van der Waals surface area contributed by atoms with Crippen LogP contribution in [-0.2, 0) is 0 Å². The molecule has 0 spiro atoms. The normalized spacial score (nSPS) is 23.4. The van der Waals surface area contributed by atoms with Crippen molar-refractivity contribution in [2.75, 3.05) is 52.4 Å². The Balaban J connectivity index is 2.41. The van der Waals surface area contributed by atoms with Crippen LogP contribution in [0.5, 0.6) is 0 Å². The number of hydrogen-bond donors (Lipinski definition) is 1. The molecule has 1 saturated heterocycles. The quantitative estimate of drug-likeness (QED) is 0.665. The summed E-state index contributed by atoms with van der Waals surface area (Å²) >= 11 is 0. The van der Waals surface area contributed by atoms with Gasteiger partial charge in [0.2, 0.25) is 0 Å². The van der Waals surface area contributed by atoms with E-state index in [1.165, 1.54) is 65.2 Å². The van der Waals surface area contributed by atoms with Gasteiger partial charge in [0.25, 0.3) is 0 Å². The van der Waals surface area contributed by atoms with Gasteiger partial charge in [-0.3, -0.25) is 0 Å². The highest BCUT2D eigenvalue weighted by molar-refractivity contribution is 4.92. The van der Waals surface area contributed by atoms with Crippen LogP contribution in [0.4, 0.5) is 0 Å². The molecule has 1 aliphatic heterocycles. The minimum absolute atomic E-state index is 0.505. The first-order chi connectivity index (χ1) is 9.57. The average molecular weight is 284 g/mol. The zero-order valence-electron chi connectivity index (χ0n) is 14.5. The minimum Gasteiger partial charge on any atom is -0.316 e. The fraction of sp³-hybridized carbons (Fsp3) is 1.00. The summed E-state index contributed by atoms with van der Waals surface area (Å²) in [4.78, 5) is 5.21. The van der Waals surface area contributed by atoms with Crippen molar-refractivity contribution in [1.29, 1.82) is 0 Å². The smallest absolute Gasteiger partial charge is 0.00530 e. The second-order valence-electron chi connectivity index (χ2n) is 6.69. The summed E-state index contributed by atoms with van der Waals surface area (Å²) in [6.45, 7) is 21.4. The minimum atomic E-state index is 0.505. The Kier molecular flexibility index (Phi) is 8.08. The highest BCUT2D eigenvalue weighted by Crippen LogP contribution is 2.34. The van der Waals surface area contributed by atoms with E-state index in [0.29, 0.717) is 5.41 Å². The molecule has 1 fully saturated rings. The predicted octanol–water partition coefficient (Wildman–Crippen LogP) is 2.68. The summed E-state index contributed by atoms with van der Waals surface area (Å²) in [5, 5.41) is 3.58. The van der Waals surface area contributed by atoms with Gasteiger partial charge in [-0.2, -0.15) is 0 Å². The van der Waals surface area contributed by atoms with Gasteiger partial charge in [-0.15, -0.1) is 0 Å². The molecular formula is C17H37N3. The van der Waals surface area contributed by atoms with Gasteiger partial charge in [-0.05, 0) is 63.4 Å². The molecule has 0 saturated carbocycles. The van der Waals surface area contributed by atoms with E-state index in [1.54, 1.807) is 0 Å². The molecule has 0 amide bonds. The third-order valence-electron chi connectivity index (χ3n) is 5.33. The second kappa shape index (κ2) is 9.01. The van der Waals surface area contributed by atoms with Gasteiger partial charge in [0.1, 0.15) is 0 Å². The zero-order valence-corrected chi connectivity index (χ0v) is 14.5. The lowest BCUT2D eigenvalue weighted by Gasteiger charge is -2.38. The monoisotopic (exact) mass is 283 g/mol. The third-order valence-corrected chi connectivity index (χ3v) is 5.33. The molecule has 3 heteroatoms. The number of hydrogen-bond acceptors (Lipinski definition) is 3. The molecule has 0 aliphatic carbocycles. The lowest BCUT2D eigenvalue weighted by molar-refractivity contribution is 0.117. The first-order valence-electron chi connectivity index (χ1n) is 8.73. The first-order valence-corrected chi connectivity index (χ1v) is 8.73. The molecule has 0 radical (unpaired) electrons. The number of nitrogens with zero attached hydrogens (tertiary/aromatic N) is 2. The van der Waals surface area contributed by atoms with Crippen molar-refractivity contribution in [3.63, 3.8) is 0 Å². The Bertz CT molecular complexity index is 243. The molecule has 1 N–H and O–H groups in total. The molecule has 1 atom stereocenters. The van der Waals surface area contributed by atoms with Crippen molar-refractivity contribution in [2.24, 2.45) is 11.3 Å². The summed E-state index contributed by atoms with van der Waals surface area (Å²) in [5.41, 5.74) is 0.505. The Hall–Kier alpha value is -0.120. The van der Waals surface area contributed by atoms with E-state index >= 15 is 0 Å². The average Bonchev–Trinajstić information content (AvgIpc) is 2.92. The fourth-order valence-corrected chi connectivity index (χ4v) is 3.43.